The standard InChI is InChI=1S/C20H25N/c1-3-21(4-2)16-15-20(19-13-9-6-10-14-19)17-18-11-7-5-8-12-18/h5-14,17H,3-4,15-16H2,1-2H3/b20-17-. The molecule has 0 aliphatic carbocycles. The lowest BCUT2D eigenvalue weighted by Crippen LogP contribution is -2.24. The van der Waals surface area contributed by atoms with Crippen molar-refractivity contribution in [1.29, 1.82) is 0 Å². The van der Waals surface area contributed by atoms with Crippen LogP contribution in [0, 0.1) is 0 Å². The van der Waals surface area contributed by atoms with Crippen molar-refractivity contribution in [3.05, 3.63) is 71.8 Å². The molecule has 2 aromatic rings. The Morgan fingerprint density at radius 1 is 0.857 bits per heavy atom. The number of rotatable bonds is 7. The van der Waals surface area contributed by atoms with E-state index < -0.39 is 0 Å². The average molecular weight is 279 g/mol. The van der Waals surface area contributed by atoms with Crippen molar-refractivity contribution in [2.45, 2.75) is 20.3 Å². The van der Waals surface area contributed by atoms with Gasteiger partial charge in [0.05, 0.1) is 0 Å². The van der Waals surface area contributed by atoms with E-state index in [-0.39, 0.29) is 0 Å². The molecule has 0 amide bonds. The first-order valence-electron chi connectivity index (χ1n) is 7.87. The van der Waals surface area contributed by atoms with Gasteiger partial charge in [-0.05, 0) is 36.2 Å². The summed E-state index contributed by atoms with van der Waals surface area (Å²) in [5.74, 6) is 0. The molecule has 0 aliphatic rings. The Balaban J connectivity index is 2.21. The van der Waals surface area contributed by atoms with Crippen molar-refractivity contribution in [3.8, 4) is 0 Å². The molecule has 1 nitrogen and oxygen atoms in total. The Bertz CT molecular complexity index is 539. The van der Waals surface area contributed by atoms with Crippen LogP contribution in [0.1, 0.15) is 31.4 Å². The Hall–Kier alpha value is -1.86. The second-order valence-electron chi connectivity index (χ2n) is 5.22. The molecule has 0 unspecified atom stereocenters. The molecule has 1 heteroatoms. The molecular weight excluding hydrogens is 254 g/mol. The van der Waals surface area contributed by atoms with Crippen LogP contribution in [-0.2, 0) is 0 Å². The summed E-state index contributed by atoms with van der Waals surface area (Å²) in [5, 5.41) is 0. The number of nitrogens with zero attached hydrogens (tertiary/aromatic N) is 1. The van der Waals surface area contributed by atoms with Crippen molar-refractivity contribution in [2.24, 2.45) is 0 Å². The molecule has 2 aromatic carbocycles. The van der Waals surface area contributed by atoms with Crippen molar-refractivity contribution in [2.75, 3.05) is 19.6 Å². The van der Waals surface area contributed by atoms with Gasteiger partial charge in [-0.25, -0.2) is 0 Å². The van der Waals surface area contributed by atoms with Crippen LogP contribution in [0.3, 0.4) is 0 Å². The summed E-state index contributed by atoms with van der Waals surface area (Å²) in [6.07, 6.45) is 3.40. The highest BCUT2D eigenvalue weighted by Crippen LogP contribution is 2.22. The third kappa shape index (κ3) is 4.87. The molecule has 0 radical (unpaired) electrons. The average Bonchev–Trinajstić information content (AvgIpc) is 2.56. The summed E-state index contributed by atoms with van der Waals surface area (Å²) in [6, 6.07) is 21.3. The largest absolute Gasteiger partial charge is 0.304 e. The van der Waals surface area contributed by atoms with Gasteiger partial charge in [0.25, 0.3) is 0 Å². The number of hydrogen-bond acceptors (Lipinski definition) is 1. The summed E-state index contributed by atoms with van der Waals surface area (Å²) >= 11 is 0. The van der Waals surface area contributed by atoms with Crippen LogP contribution in [0.2, 0.25) is 0 Å². The van der Waals surface area contributed by atoms with Crippen LogP contribution in [-0.4, -0.2) is 24.5 Å². The van der Waals surface area contributed by atoms with Crippen LogP contribution in [0.5, 0.6) is 0 Å². The van der Waals surface area contributed by atoms with E-state index in [2.05, 4.69) is 85.5 Å². The van der Waals surface area contributed by atoms with E-state index in [1.165, 1.54) is 16.7 Å². The molecule has 110 valence electrons. The highest BCUT2D eigenvalue weighted by Gasteiger charge is 2.05. The lowest BCUT2D eigenvalue weighted by atomic mass is 9.99. The molecule has 0 aromatic heterocycles. The Morgan fingerprint density at radius 3 is 2.00 bits per heavy atom. The third-order valence-electron chi connectivity index (χ3n) is 3.88. The first kappa shape index (κ1) is 15.5. The fourth-order valence-electron chi connectivity index (χ4n) is 2.52. The Morgan fingerprint density at radius 2 is 1.43 bits per heavy atom. The minimum atomic E-state index is 1.08. The lowest BCUT2D eigenvalue weighted by molar-refractivity contribution is 0.312. The van der Waals surface area contributed by atoms with E-state index >= 15 is 0 Å². The molecule has 0 fully saturated rings. The maximum atomic E-state index is 2.47. The smallest absolute Gasteiger partial charge is 0.00218 e. The zero-order valence-electron chi connectivity index (χ0n) is 13.1. The van der Waals surface area contributed by atoms with Gasteiger partial charge in [0.2, 0.25) is 0 Å². The van der Waals surface area contributed by atoms with Crippen LogP contribution in [0.25, 0.3) is 11.6 Å². The quantitative estimate of drug-likeness (QED) is 0.648. The number of hydrogen-bond donors (Lipinski definition) is 0. The highest BCUT2D eigenvalue weighted by molar-refractivity contribution is 5.81. The molecule has 0 aliphatic heterocycles. The summed E-state index contributed by atoms with van der Waals surface area (Å²) in [5.41, 5.74) is 4.01. The predicted molar refractivity (Wildman–Crippen MR) is 93.2 cm³/mol. The van der Waals surface area contributed by atoms with E-state index in [4.69, 9.17) is 0 Å². The van der Waals surface area contributed by atoms with Gasteiger partial charge in [0.1, 0.15) is 0 Å². The van der Waals surface area contributed by atoms with Crippen LogP contribution >= 0.6 is 0 Å². The van der Waals surface area contributed by atoms with Gasteiger partial charge in [-0.2, -0.15) is 0 Å². The first-order valence-corrected chi connectivity index (χ1v) is 7.87. The van der Waals surface area contributed by atoms with E-state index in [1.54, 1.807) is 0 Å². The Labute approximate surface area is 128 Å². The number of benzene rings is 2. The molecule has 2 rings (SSSR count). The minimum absolute atomic E-state index is 1.08. The van der Waals surface area contributed by atoms with Gasteiger partial charge >= 0.3 is 0 Å². The molecular formula is C20H25N. The zero-order chi connectivity index (χ0) is 14.9. The molecule has 0 N–H and O–H groups in total. The van der Waals surface area contributed by atoms with Crippen LogP contribution in [0.4, 0.5) is 0 Å². The second-order valence-corrected chi connectivity index (χ2v) is 5.22. The first-order chi connectivity index (χ1) is 10.3. The van der Waals surface area contributed by atoms with Crippen LogP contribution in [0.15, 0.2) is 60.7 Å². The van der Waals surface area contributed by atoms with Crippen LogP contribution < -0.4 is 0 Å². The lowest BCUT2D eigenvalue weighted by Gasteiger charge is -2.19. The van der Waals surface area contributed by atoms with Gasteiger partial charge in [-0.3, -0.25) is 0 Å². The zero-order valence-corrected chi connectivity index (χ0v) is 13.1. The SMILES string of the molecule is CCN(CC)CC/C(=C/c1ccccc1)c1ccccc1. The van der Waals surface area contributed by atoms with Gasteiger partial charge in [-0.1, -0.05) is 80.6 Å². The molecule has 0 saturated carbocycles. The summed E-state index contributed by atoms with van der Waals surface area (Å²) in [4.78, 5) is 2.47. The third-order valence-corrected chi connectivity index (χ3v) is 3.88. The van der Waals surface area contributed by atoms with Gasteiger partial charge in [0, 0.05) is 6.54 Å². The van der Waals surface area contributed by atoms with Crippen molar-refractivity contribution in [1.82, 2.24) is 4.90 Å². The summed E-state index contributed by atoms with van der Waals surface area (Å²) in [6.45, 7) is 7.80. The molecule has 0 heterocycles. The maximum absolute atomic E-state index is 2.47. The van der Waals surface area contributed by atoms with E-state index in [9.17, 15) is 0 Å². The predicted octanol–water partition coefficient (Wildman–Crippen LogP) is 4.96. The monoisotopic (exact) mass is 279 g/mol. The van der Waals surface area contributed by atoms with E-state index in [0.29, 0.717) is 0 Å². The topological polar surface area (TPSA) is 3.24 Å². The molecule has 21 heavy (non-hydrogen) atoms. The fourth-order valence-corrected chi connectivity index (χ4v) is 2.52. The Kier molecular flexibility index (Phi) is 6.23. The molecule has 0 saturated heterocycles. The minimum Gasteiger partial charge on any atom is -0.304 e. The van der Waals surface area contributed by atoms with E-state index in [0.717, 1.165) is 26.1 Å². The van der Waals surface area contributed by atoms with Gasteiger partial charge in [-0.15, -0.1) is 0 Å². The maximum Gasteiger partial charge on any atom is 0.00218 e. The van der Waals surface area contributed by atoms with Crippen molar-refractivity contribution in [3.63, 3.8) is 0 Å². The fraction of sp³-hybridized carbons (Fsp3) is 0.300. The molecule has 0 spiro atoms. The summed E-state index contributed by atoms with van der Waals surface area (Å²) < 4.78 is 0. The van der Waals surface area contributed by atoms with Gasteiger partial charge < -0.3 is 4.90 Å². The van der Waals surface area contributed by atoms with Crippen molar-refractivity contribution < 1.29 is 0 Å². The normalized spacial score (nSPS) is 11.9. The highest BCUT2D eigenvalue weighted by atomic mass is 15.1. The molecule has 0 bridgehead atoms. The molecule has 0 atom stereocenters. The van der Waals surface area contributed by atoms with E-state index in [1.807, 2.05) is 0 Å². The summed E-state index contributed by atoms with van der Waals surface area (Å²) in [7, 11) is 0. The van der Waals surface area contributed by atoms with Gasteiger partial charge in [0.15, 0.2) is 0 Å². The second kappa shape index (κ2) is 8.43. The van der Waals surface area contributed by atoms with Crippen molar-refractivity contribution >= 4 is 11.6 Å².